The third kappa shape index (κ3) is 5.62. The zero-order valence-corrected chi connectivity index (χ0v) is 13.4. The number of hydrogen-bond acceptors (Lipinski definition) is 2. The van der Waals surface area contributed by atoms with E-state index in [0.717, 1.165) is 0 Å². The highest BCUT2D eigenvalue weighted by molar-refractivity contribution is 9.10. The van der Waals surface area contributed by atoms with Crippen LogP contribution in [0.4, 0.5) is 13.2 Å². The number of alkyl halides is 3. The number of benzene rings is 1. The Kier molecular flexibility index (Phi) is 5.37. The summed E-state index contributed by atoms with van der Waals surface area (Å²) in [6.45, 7) is 5.32. The molecule has 1 rings (SSSR count). The van der Waals surface area contributed by atoms with E-state index >= 15 is 0 Å². The second-order valence-corrected chi connectivity index (χ2v) is 7.62. The van der Waals surface area contributed by atoms with E-state index in [9.17, 15) is 17.4 Å². The Labute approximate surface area is 126 Å². The topological polar surface area (TPSA) is 38.7 Å². The maximum atomic E-state index is 12.1. The zero-order chi connectivity index (χ0) is 15.6. The first kappa shape index (κ1) is 17.2. The number of hydrogen-bond donors (Lipinski definition) is 0. The van der Waals surface area contributed by atoms with Gasteiger partial charge in [0.05, 0.1) is 4.75 Å². The molecule has 0 amide bonds. The van der Waals surface area contributed by atoms with Gasteiger partial charge in [-0.3, -0.25) is 0 Å². The summed E-state index contributed by atoms with van der Waals surface area (Å²) in [5, 5.41) is 0. The van der Waals surface area contributed by atoms with Gasteiger partial charge < -0.3 is 4.74 Å². The molecule has 20 heavy (non-hydrogen) atoms. The van der Waals surface area contributed by atoms with Crippen LogP contribution in [0, 0.1) is 0 Å². The summed E-state index contributed by atoms with van der Waals surface area (Å²) in [6, 6.07) is 3.74. The Hall–Kier alpha value is -0.890. The fourth-order valence-electron chi connectivity index (χ4n) is 1.07. The number of rotatable bonds is 3. The van der Waals surface area contributed by atoms with Crippen molar-refractivity contribution in [2.24, 2.45) is 4.40 Å². The van der Waals surface area contributed by atoms with Crippen LogP contribution >= 0.6 is 15.9 Å². The lowest BCUT2D eigenvalue weighted by Gasteiger charge is -2.13. The summed E-state index contributed by atoms with van der Waals surface area (Å²) >= 11 is 3.12. The van der Waals surface area contributed by atoms with Gasteiger partial charge in [-0.05, 0) is 54.9 Å². The average molecular weight is 372 g/mol. The van der Waals surface area contributed by atoms with Gasteiger partial charge in [-0.2, -0.15) is 4.40 Å². The lowest BCUT2D eigenvalue weighted by atomic mass is 10.2. The first-order valence-corrected chi connectivity index (χ1v) is 7.40. The molecule has 1 unspecified atom stereocenters. The van der Waals surface area contributed by atoms with E-state index < -0.39 is 22.1 Å². The van der Waals surface area contributed by atoms with Crippen LogP contribution in [0.25, 0.3) is 0 Å². The predicted octanol–water partition coefficient (Wildman–Crippen LogP) is 4.23. The van der Waals surface area contributed by atoms with Gasteiger partial charge in [0.15, 0.2) is 0 Å². The first-order valence-electron chi connectivity index (χ1n) is 5.50. The summed E-state index contributed by atoms with van der Waals surface area (Å²) in [5.41, 5.74) is 0.511. The lowest BCUT2D eigenvalue weighted by Crippen LogP contribution is -2.19. The van der Waals surface area contributed by atoms with E-state index in [4.69, 9.17) is 0 Å². The third-order valence-corrected chi connectivity index (χ3v) is 4.05. The molecule has 0 saturated heterocycles. The molecular formula is C12H13BrF3NO2S. The molecule has 0 aliphatic carbocycles. The first-order chi connectivity index (χ1) is 8.99. The molecule has 8 heteroatoms. The molecule has 0 aromatic heterocycles. The normalized spacial score (nSPS) is 14.6. The van der Waals surface area contributed by atoms with Crippen LogP contribution in [0.1, 0.15) is 26.3 Å². The average Bonchev–Trinajstić information content (AvgIpc) is 2.23. The highest BCUT2D eigenvalue weighted by atomic mass is 79.9. The van der Waals surface area contributed by atoms with Crippen molar-refractivity contribution < 1.29 is 22.1 Å². The van der Waals surface area contributed by atoms with E-state index in [1.54, 1.807) is 20.8 Å². The Balaban J connectivity index is 2.89. The molecule has 0 aliphatic heterocycles. The molecule has 0 fully saturated rings. The van der Waals surface area contributed by atoms with Crippen LogP contribution in [-0.2, 0) is 11.0 Å². The van der Waals surface area contributed by atoms with Crippen molar-refractivity contribution in [3.05, 3.63) is 28.2 Å². The van der Waals surface area contributed by atoms with E-state index in [1.165, 1.54) is 24.4 Å². The number of halogens is 4. The highest BCUT2D eigenvalue weighted by Crippen LogP contribution is 2.27. The molecule has 1 aromatic rings. The second-order valence-electron chi connectivity index (χ2n) is 4.83. The highest BCUT2D eigenvalue weighted by Gasteiger charge is 2.31. The molecule has 0 saturated carbocycles. The minimum absolute atomic E-state index is 0.335. The maximum Gasteiger partial charge on any atom is 0.573 e. The molecule has 3 nitrogen and oxygen atoms in total. The van der Waals surface area contributed by atoms with E-state index in [-0.39, 0.29) is 5.75 Å². The van der Waals surface area contributed by atoms with Crippen LogP contribution in [0.15, 0.2) is 27.1 Å². The number of nitrogens with zero attached hydrogens (tertiary/aromatic N) is 1. The standard InChI is InChI=1S/C12H13BrF3NO2S/c1-11(2,3)20(18)17-7-8-4-5-9(6-10(8)13)19-12(14,15)16/h4-7H,1-3H3. The van der Waals surface area contributed by atoms with Gasteiger partial charge >= 0.3 is 6.36 Å². The van der Waals surface area contributed by atoms with Gasteiger partial charge in [0, 0.05) is 16.3 Å². The molecule has 0 spiro atoms. The van der Waals surface area contributed by atoms with Crippen molar-refractivity contribution in [2.45, 2.75) is 31.9 Å². The molecule has 0 radical (unpaired) electrons. The van der Waals surface area contributed by atoms with E-state index in [1.807, 2.05) is 0 Å². The van der Waals surface area contributed by atoms with E-state index in [0.29, 0.717) is 10.0 Å². The van der Waals surface area contributed by atoms with Crippen molar-refractivity contribution >= 4 is 33.1 Å². The summed E-state index contributed by atoms with van der Waals surface area (Å²) in [7, 11) is -1.43. The summed E-state index contributed by atoms with van der Waals surface area (Å²) in [5.74, 6) is -0.335. The Morgan fingerprint density at radius 2 is 1.90 bits per heavy atom. The van der Waals surface area contributed by atoms with Crippen LogP contribution in [0.2, 0.25) is 0 Å². The number of ether oxygens (including phenoxy) is 1. The predicted molar refractivity (Wildman–Crippen MR) is 76.3 cm³/mol. The fraction of sp³-hybridized carbons (Fsp3) is 0.417. The minimum Gasteiger partial charge on any atom is -0.406 e. The lowest BCUT2D eigenvalue weighted by molar-refractivity contribution is -0.274. The van der Waals surface area contributed by atoms with Gasteiger partial charge in [-0.1, -0.05) is 0 Å². The Morgan fingerprint density at radius 3 is 2.35 bits per heavy atom. The summed E-state index contributed by atoms with van der Waals surface area (Å²) < 4.78 is 55.4. The van der Waals surface area contributed by atoms with Gasteiger partial charge in [0.1, 0.15) is 16.7 Å². The molecule has 112 valence electrons. The smallest absolute Gasteiger partial charge is 0.406 e. The fourth-order valence-corrected chi connectivity index (χ4v) is 2.06. The van der Waals surface area contributed by atoms with Crippen molar-refractivity contribution in [1.29, 1.82) is 0 Å². The molecular weight excluding hydrogens is 359 g/mol. The van der Waals surface area contributed by atoms with Crippen molar-refractivity contribution in [2.75, 3.05) is 0 Å². The van der Waals surface area contributed by atoms with Crippen LogP contribution < -0.4 is 4.74 Å². The van der Waals surface area contributed by atoms with Crippen LogP contribution in [0.3, 0.4) is 0 Å². The van der Waals surface area contributed by atoms with Gasteiger partial charge in [0.25, 0.3) is 0 Å². The second kappa shape index (κ2) is 6.26. The molecule has 0 bridgehead atoms. The van der Waals surface area contributed by atoms with Crippen molar-refractivity contribution in [1.82, 2.24) is 0 Å². The molecule has 0 N–H and O–H groups in total. The zero-order valence-electron chi connectivity index (χ0n) is 11.0. The van der Waals surface area contributed by atoms with Crippen LogP contribution in [0.5, 0.6) is 5.75 Å². The third-order valence-electron chi connectivity index (χ3n) is 2.02. The Morgan fingerprint density at radius 1 is 1.30 bits per heavy atom. The van der Waals surface area contributed by atoms with Gasteiger partial charge in [-0.25, -0.2) is 4.21 Å². The Bertz CT molecular complexity index is 538. The molecule has 1 aromatic carbocycles. The summed E-state index contributed by atoms with van der Waals surface area (Å²) in [4.78, 5) is 0. The molecule has 0 aliphatic rings. The quantitative estimate of drug-likeness (QED) is 0.745. The maximum absolute atomic E-state index is 12.1. The SMILES string of the molecule is CC(C)(C)S(=O)N=Cc1ccc(OC(F)(F)F)cc1Br. The molecule has 0 heterocycles. The van der Waals surface area contributed by atoms with Gasteiger partial charge in [0.2, 0.25) is 0 Å². The minimum atomic E-state index is -4.73. The van der Waals surface area contributed by atoms with Gasteiger partial charge in [-0.15, -0.1) is 13.2 Å². The monoisotopic (exact) mass is 371 g/mol. The molecule has 1 atom stereocenters. The van der Waals surface area contributed by atoms with Crippen LogP contribution in [-0.4, -0.2) is 21.5 Å². The largest absolute Gasteiger partial charge is 0.573 e. The van der Waals surface area contributed by atoms with Crippen molar-refractivity contribution in [3.8, 4) is 5.75 Å². The van der Waals surface area contributed by atoms with Crippen molar-refractivity contribution in [3.63, 3.8) is 0 Å². The summed E-state index contributed by atoms with van der Waals surface area (Å²) in [6.07, 6.45) is -3.38. The van der Waals surface area contributed by atoms with E-state index in [2.05, 4.69) is 25.1 Å².